The molecule has 4 rings (SSSR count). The highest BCUT2D eigenvalue weighted by Crippen LogP contribution is 2.40. The number of carbonyl (C=O) groups excluding carboxylic acids is 2. The minimum absolute atomic E-state index is 0.0993. The summed E-state index contributed by atoms with van der Waals surface area (Å²) in [5.41, 5.74) is 15.7. The third kappa shape index (κ3) is 8.45. The van der Waals surface area contributed by atoms with E-state index in [9.17, 15) is 9.59 Å². The molecule has 0 saturated carbocycles. The zero-order valence-corrected chi connectivity index (χ0v) is 27.2. The van der Waals surface area contributed by atoms with Gasteiger partial charge in [-0.1, -0.05) is 66.9 Å². The Hall–Kier alpha value is -3.76. The number of nitrogens with zero attached hydrogens (tertiary/aromatic N) is 4. The highest BCUT2D eigenvalue weighted by atomic mass is 35.5. The number of ether oxygens (including phenoxy) is 1. The minimum atomic E-state index is -0.719. The lowest BCUT2D eigenvalue weighted by molar-refractivity contribution is -0.134. The number of rotatable bonds is 11. The van der Waals surface area contributed by atoms with Crippen molar-refractivity contribution >= 4 is 41.0 Å². The zero-order valence-electron chi connectivity index (χ0n) is 25.6. The van der Waals surface area contributed by atoms with Crippen molar-refractivity contribution in [3.8, 4) is 17.0 Å². The zero-order chi connectivity index (χ0) is 32.0. The van der Waals surface area contributed by atoms with E-state index < -0.39 is 6.04 Å². The van der Waals surface area contributed by atoms with Crippen LogP contribution >= 0.6 is 23.2 Å². The van der Waals surface area contributed by atoms with Gasteiger partial charge in [-0.3, -0.25) is 14.3 Å². The molecule has 12 heteroatoms. The predicted octanol–water partition coefficient (Wildman–Crippen LogP) is 4.79. The first-order valence-electron chi connectivity index (χ1n) is 14.8. The Morgan fingerprint density at radius 2 is 1.84 bits per heavy atom. The monoisotopic (exact) mass is 641 g/mol. The second-order valence-electron chi connectivity index (χ2n) is 11.7. The van der Waals surface area contributed by atoms with E-state index >= 15 is 0 Å². The van der Waals surface area contributed by atoms with Gasteiger partial charge >= 0.3 is 0 Å². The van der Waals surface area contributed by atoms with Crippen LogP contribution in [0.1, 0.15) is 55.8 Å². The van der Waals surface area contributed by atoms with Gasteiger partial charge in [0.1, 0.15) is 23.4 Å². The van der Waals surface area contributed by atoms with E-state index in [2.05, 4.69) is 16.4 Å². The molecule has 1 aliphatic heterocycles. The van der Waals surface area contributed by atoms with Gasteiger partial charge in [-0.05, 0) is 55.9 Å². The summed E-state index contributed by atoms with van der Waals surface area (Å²) >= 11 is 13.3. The van der Waals surface area contributed by atoms with Gasteiger partial charge in [0.2, 0.25) is 11.8 Å². The fourth-order valence-corrected chi connectivity index (χ4v) is 5.93. The Kier molecular flexibility index (Phi) is 11.2. The summed E-state index contributed by atoms with van der Waals surface area (Å²) in [6.07, 6.45) is 2.02. The Balaban J connectivity index is 1.34. The highest BCUT2D eigenvalue weighted by Gasteiger charge is 2.28. The number of hydrogen-bond donors (Lipinski definition) is 3. The lowest BCUT2D eigenvalue weighted by Gasteiger charge is -2.32. The predicted molar refractivity (Wildman–Crippen MR) is 175 cm³/mol. The molecule has 0 unspecified atom stereocenters. The first-order valence-corrected chi connectivity index (χ1v) is 15.5. The number of aliphatic imine (C=N–C) groups is 1. The molecule has 0 bridgehead atoms. The Morgan fingerprint density at radius 3 is 2.50 bits per heavy atom. The Bertz CT molecular complexity index is 1510. The van der Waals surface area contributed by atoms with E-state index in [1.165, 1.54) is 0 Å². The van der Waals surface area contributed by atoms with Crippen LogP contribution in [-0.2, 0) is 23.2 Å². The number of aryl methyl sites for hydroxylation is 2. The Morgan fingerprint density at radius 1 is 1.11 bits per heavy atom. The van der Waals surface area contributed by atoms with E-state index in [-0.39, 0.29) is 36.2 Å². The topological polar surface area (TPSA) is 141 Å². The van der Waals surface area contributed by atoms with E-state index in [4.69, 9.17) is 44.5 Å². The lowest BCUT2D eigenvalue weighted by atomic mass is 9.92. The highest BCUT2D eigenvalue weighted by molar-refractivity contribution is 6.44. The molecule has 1 fully saturated rings. The maximum Gasteiger partial charge on any atom is 0.245 e. The smallest absolute Gasteiger partial charge is 0.245 e. The summed E-state index contributed by atoms with van der Waals surface area (Å²) in [5, 5.41) is 8.16. The van der Waals surface area contributed by atoms with Gasteiger partial charge in [0.05, 0.1) is 17.3 Å². The van der Waals surface area contributed by atoms with Crippen LogP contribution in [0.25, 0.3) is 11.3 Å². The van der Waals surface area contributed by atoms with Crippen LogP contribution < -0.4 is 21.5 Å². The molecule has 5 N–H and O–H groups in total. The van der Waals surface area contributed by atoms with Crippen LogP contribution in [-0.4, -0.2) is 58.1 Å². The molecule has 2 aromatic carbocycles. The summed E-state index contributed by atoms with van der Waals surface area (Å²) in [6, 6.07) is 13.1. The fraction of sp³-hybridized carbons (Fsp3) is 0.438. The summed E-state index contributed by atoms with van der Waals surface area (Å²) in [4.78, 5) is 31.3. The quantitative estimate of drug-likeness (QED) is 0.203. The lowest BCUT2D eigenvalue weighted by Crippen LogP contribution is -2.46. The molecule has 1 atom stereocenters. The molecule has 0 spiro atoms. The van der Waals surface area contributed by atoms with Crippen LogP contribution in [0, 0.1) is 12.8 Å². The van der Waals surface area contributed by atoms with E-state index in [1.54, 1.807) is 4.90 Å². The normalized spacial score (nSPS) is 14.4. The molecule has 1 saturated heterocycles. The number of piperidine rings is 1. The number of hydrogen-bond acceptors (Lipinski definition) is 5. The first-order chi connectivity index (χ1) is 20.9. The van der Waals surface area contributed by atoms with Crippen LogP contribution in [0.15, 0.2) is 47.5 Å². The second-order valence-corrected chi connectivity index (χ2v) is 12.4. The van der Waals surface area contributed by atoms with Gasteiger partial charge < -0.3 is 26.4 Å². The van der Waals surface area contributed by atoms with E-state index in [1.807, 2.05) is 68.9 Å². The van der Waals surface area contributed by atoms with Gasteiger partial charge in [-0.15, -0.1) is 0 Å². The van der Waals surface area contributed by atoms with Crippen molar-refractivity contribution in [2.45, 2.75) is 58.6 Å². The van der Waals surface area contributed by atoms with Crippen molar-refractivity contribution in [3.05, 3.63) is 69.3 Å². The molecule has 1 aromatic heterocycles. The molecular weight excluding hydrogens is 601 g/mol. The van der Waals surface area contributed by atoms with Crippen LogP contribution in [0.5, 0.6) is 5.75 Å². The number of benzene rings is 2. The first kappa shape index (κ1) is 33.1. The molecule has 2 amide bonds. The van der Waals surface area contributed by atoms with Crippen molar-refractivity contribution in [1.29, 1.82) is 0 Å². The number of halogens is 2. The Labute approximate surface area is 268 Å². The summed E-state index contributed by atoms with van der Waals surface area (Å²) in [6.45, 7) is 7.42. The average molecular weight is 643 g/mol. The number of guanidine groups is 1. The third-order valence-corrected chi connectivity index (χ3v) is 8.56. The summed E-state index contributed by atoms with van der Waals surface area (Å²) in [5.74, 6) is 0.292. The number of likely N-dealkylation sites (tertiary alicyclic amines) is 1. The molecular formula is C32H41Cl2N7O3. The van der Waals surface area contributed by atoms with Crippen molar-refractivity contribution in [2.24, 2.45) is 29.4 Å². The third-order valence-electron chi connectivity index (χ3n) is 7.70. The van der Waals surface area contributed by atoms with Gasteiger partial charge in [-0.25, -0.2) is 4.99 Å². The van der Waals surface area contributed by atoms with Crippen molar-refractivity contribution in [3.63, 3.8) is 0 Å². The second kappa shape index (κ2) is 14.8. The summed E-state index contributed by atoms with van der Waals surface area (Å²) < 4.78 is 7.83. The maximum atomic E-state index is 12.9. The number of nitrogens with two attached hydrogens (primary N) is 2. The van der Waals surface area contributed by atoms with E-state index in [0.717, 1.165) is 40.9 Å². The molecule has 1 aliphatic rings. The number of carbonyl (C=O) groups is 2. The largest absolute Gasteiger partial charge is 0.487 e. The van der Waals surface area contributed by atoms with Gasteiger partial charge in [0.25, 0.3) is 0 Å². The SMILES string of the molecule is Cc1cccc(COc2ccc(-c3cc(C4CCN(C(=O)CNC(=O)[C@@H](CC(C)C)N=C(N)N)CC4)n(C)n3)c(Cl)c2Cl)c1. The van der Waals surface area contributed by atoms with Crippen molar-refractivity contribution in [2.75, 3.05) is 19.6 Å². The molecule has 3 aromatic rings. The van der Waals surface area contributed by atoms with Crippen molar-refractivity contribution in [1.82, 2.24) is 20.0 Å². The summed E-state index contributed by atoms with van der Waals surface area (Å²) in [7, 11) is 1.91. The van der Waals surface area contributed by atoms with Gasteiger partial charge in [0.15, 0.2) is 5.96 Å². The number of aromatic nitrogens is 2. The number of amides is 2. The standard InChI is InChI=1S/C32H41Cl2N7O3/c1-19(2)14-25(38-32(35)36)31(43)37-17-28(42)41-12-10-22(11-13-41)26-16-24(39-40(26)4)23-8-9-27(30(34)29(23)33)44-18-21-7-5-6-20(3)15-21/h5-9,15-16,19,22,25H,10-14,17-18H2,1-4H3,(H,37,43)(H4,35,36,38)/t25-/m1/s1. The fourth-order valence-electron chi connectivity index (χ4n) is 5.46. The van der Waals surface area contributed by atoms with Crippen LogP contribution in [0.4, 0.5) is 0 Å². The molecule has 44 heavy (non-hydrogen) atoms. The molecule has 2 heterocycles. The van der Waals surface area contributed by atoms with E-state index in [0.29, 0.717) is 41.9 Å². The van der Waals surface area contributed by atoms with Gasteiger partial charge in [0, 0.05) is 37.3 Å². The van der Waals surface area contributed by atoms with Crippen LogP contribution in [0.3, 0.4) is 0 Å². The molecule has 0 radical (unpaired) electrons. The van der Waals surface area contributed by atoms with Crippen molar-refractivity contribution < 1.29 is 14.3 Å². The molecule has 10 nitrogen and oxygen atoms in total. The number of nitrogens with one attached hydrogen (secondary N) is 1. The molecule has 0 aliphatic carbocycles. The minimum Gasteiger partial charge on any atom is -0.487 e. The van der Waals surface area contributed by atoms with Gasteiger partial charge in [-0.2, -0.15) is 5.10 Å². The maximum absolute atomic E-state index is 12.9. The average Bonchev–Trinajstić information content (AvgIpc) is 3.36. The molecule has 236 valence electrons. The van der Waals surface area contributed by atoms with Crippen LogP contribution in [0.2, 0.25) is 10.0 Å².